The van der Waals surface area contributed by atoms with Gasteiger partial charge in [0.05, 0.1) is 4.88 Å². The Hall–Kier alpha value is -2.47. The van der Waals surface area contributed by atoms with Crippen molar-refractivity contribution in [1.29, 1.82) is 0 Å². The fourth-order valence-corrected chi connectivity index (χ4v) is 3.34. The molecule has 3 aromatic rings. The summed E-state index contributed by atoms with van der Waals surface area (Å²) >= 11 is 1.46. The Morgan fingerprint density at radius 3 is 2.74 bits per heavy atom. The number of carbonyl (C=O) groups excluding carboxylic acids is 1. The largest absolute Gasteiger partial charge is 0.337 e. The van der Waals surface area contributed by atoms with Gasteiger partial charge in [-0.3, -0.25) is 9.89 Å². The highest BCUT2D eigenvalue weighted by Crippen LogP contribution is 2.22. The smallest absolute Gasteiger partial charge is 0.262 e. The molecule has 0 aliphatic carbocycles. The van der Waals surface area contributed by atoms with Crippen molar-refractivity contribution < 1.29 is 4.79 Å². The first-order valence-corrected chi connectivity index (χ1v) is 8.38. The van der Waals surface area contributed by atoms with Gasteiger partial charge in [0.2, 0.25) is 0 Å². The number of aryl methyl sites for hydroxylation is 2. The zero-order chi connectivity index (χ0) is 16.2. The molecular formula is C17H18N4OS. The van der Waals surface area contributed by atoms with Gasteiger partial charge >= 0.3 is 0 Å². The van der Waals surface area contributed by atoms with E-state index in [-0.39, 0.29) is 11.9 Å². The molecule has 3 rings (SSSR count). The minimum absolute atomic E-state index is 0.0897. The molecule has 118 valence electrons. The second-order valence-electron chi connectivity index (χ2n) is 5.22. The maximum absolute atomic E-state index is 12.7. The number of hydrogen-bond donors (Lipinski definition) is 2. The number of amides is 1. The molecule has 6 heteroatoms. The van der Waals surface area contributed by atoms with Crippen LogP contribution in [0.5, 0.6) is 0 Å². The number of carbonyl (C=O) groups is 1. The number of H-pyrrole nitrogens is 1. The van der Waals surface area contributed by atoms with Crippen molar-refractivity contribution in [3.05, 3.63) is 69.4 Å². The standard InChI is InChI=1S/C17H18N4OS/c1-3-12-9-10-23-15(12)17(22)19-14(13-7-5-4-6-8-13)16-18-11(2)20-21-16/h4-10,14H,3H2,1-2H3,(H,19,22)(H,18,20,21)/t14-/m0/s1. The van der Waals surface area contributed by atoms with Gasteiger partial charge in [-0.2, -0.15) is 5.10 Å². The Balaban J connectivity index is 1.92. The summed E-state index contributed by atoms with van der Waals surface area (Å²) in [4.78, 5) is 17.8. The molecule has 23 heavy (non-hydrogen) atoms. The van der Waals surface area contributed by atoms with Gasteiger partial charge in [0.15, 0.2) is 5.82 Å². The lowest BCUT2D eigenvalue weighted by Crippen LogP contribution is -2.30. The number of rotatable bonds is 5. The van der Waals surface area contributed by atoms with Crippen LogP contribution >= 0.6 is 11.3 Å². The minimum atomic E-state index is -0.375. The summed E-state index contributed by atoms with van der Waals surface area (Å²) < 4.78 is 0. The second-order valence-corrected chi connectivity index (χ2v) is 6.14. The quantitative estimate of drug-likeness (QED) is 0.756. The molecule has 1 atom stereocenters. The van der Waals surface area contributed by atoms with Crippen LogP contribution in [0.1, 0.15) is 45.4 Å². The summed E-state index contributed by atoms with van der Waals surface area (Å²) in [6.07, 6.45) is 0.835. The van der Waals surface area contributed by atoms with Gasteiger partial charge in [-0.05, 0) is 35.9 Å². The van der Waals surface area contributed by atoms with Gasteiger partial charge in [-0.1, -0.05) is 37.3 Å². The molecular weight excluding hydrogens is 308 g/mol. The van der Waals surface area contributed by atoms with Gasteiger partial charge < -0.3 is 5.32 Å². The van der Waals surface area contributed by atoms with Crippen molar-refractivity contribution in [2.45, 2.75) is 26.3 Å². The fourth-order valence-electron chi connectivity index (χ4n) is 2.44. The molecule has 0 saturated heterocycles. The molecule has 0 radical (unpaired) electrons. The third kappa shape index (κ3) is 3.32. The number of thiophene rings is 1. The number of aromatic nitrogens is 3. The van der Waals surface area contributed by atoms with Gasteiger partial charge in [0, 0.05) is 0 Å². The van der Waals surface area contributed by atoms with Crippen LogP contribution in [0, 0.1) is 6.92 Å². The zero-order valence-corrected chi connectivity index (χ0v) is 13.9. The number of hydrogen-bond acceptors (Lipinski definition) is 4. The van der Waals surface area contributed by atoms with Crippen molar-refractivity contribution in [3.8, 4) is 0 Å². The lowest BCUT2D eigenvalue weighted by molar-refractivity contribution is 0.0945. The molecule has 0 fully saturated rings. The van der Waals surface area contributed by atoms with Crippen LogP contribution in [0.25, 0.3) is 0 Å². The van der Waals surface area contributed by atoms with E-state index >= 15 is 0 Å². The Kier molecular flexibility index (Phi) is 4.52. The van der Waals surface area contributed by atoms with Crippen LogP contribution < -0.4 is 5.32 Å². The molecule has 0 saturated carbocycles. The predicted octanol–water partition coefficient (Wildman–Crippen LogP) is 3.26. The monoisotopic (exact) mass is 326 g/mol. The molecule has 2 N–H and O–H groups in total. The summed E-state index contributed by atoms with van der Waals surface area (Å²) in [5.74, 6) is 1.20. The first-order chi connectivity index (χ1) is 11.2. The minimum Gasteiger partial charge on any atom is -0.337 e. The first-order valence-electron chi connectivity index (χ1n) is 7.50. The Morgan fingerprint density at radius 2 is 2.09 bits per heavy atom. The molecule has 0 unspecified atom stereocenters. The van der Waals surface area contributed by atoms with Crippen molar-refractivity contribution in [1.82, 2.24) is 20.5 Å². The number of nitrogens with zero attached hydrogens (tertiary/aromatic N) is 2. The van der Waals surface area contributed by atoms with Gasteiger partial charge in [-0.25, -0.2) is 4.98 Å². The maximum Gasteiger partial charge on any atom is 0.262 e. The average molecular weight is 326 g/mol. The van der Waals surface area contributed by atoms with E-state index in [1.807, 2.05) is 55.6 Å². The van der Waals surface area contributed by atoms with Crippen LogP contribution in [0.3, 0.4) is 0 Å². The average Bonchev–Trinajstić information content (AvgIpc) is 3.21. The number of aromatic amines is 1. The van der Waals surface area contributed by atoms with E-state index in [0.717, 1.165) is 28.2 Å². The highest BCUT2D eigenvalue weighted by molar-refractivity contribution is 7.12. The van der Waals surface area contributed by atoms with Crippen molar-refractivity contribution in [3.63, 3.8) is 0 Å². The van der Waals surface area contributed by atoms with Gasteiger partial charge in [0.1, 0.15) is 11.9 Å². The highest BCUT2D eigenvalue weighted by atomic mass is 32.1. The zero-order valence-electron chi connectivity index (χ0n) is 13.0. The first kappa shape index (κ1) is 15.4. The summed E-state index contributed by atoms with van der Waals surface area (Å²) in [6.45, 7) is 3.89. The molecule has 0 spiro atoms. The topological polar surface area (TPSA) is 70.7 Å². The van der Waals surface area contributed by atoms with Crippen LogP contribution in [0.15, 0.2) is 41.8 Å². The third-order valence-electron chi connectivity index (χ3n) is 3.61. The summed E-state index contributed by atoms with van der Waals surface area (Å²) in [6, 6.07) is 11.4. The molecule has 2 heterocycles. The number of nitrogens with one attached hydrogen (secondary N) is 2. The van der Waals surface area contributed by atoms with Crippen LogP contribution in [-0.4, -0.2) is 21.1 Å². The van der Waals surface area contributed by atoms with Crippen LogP contribution in [0.2, 0.25) is 0 Å². The molecule has 0 bridgehead atoms. The highest BCUT2D eigenvalue weighted by Gasteiger charge is 2.23. The lowest BCUT2D eigenvalue weighted by Gasteiger charge is -2.16. The SMILES string of the molecule is CCc1ccsc1C(=O)N[C@@H](c1ccccc1)c1n[nH]c(C)n1. The van der Waals surface area contributed by atoms with Gasteiger partial charge in [0.25, 0.3) is 5.91 Å². The van der Waals surface area contributed by atoms with Gasteiger partial charge in [-0.15, -0.1) is 11.3 Å². The normalized spacial score (nSPS) is 12.1. The molecule has 1 aromatic carbocycles. The van der Waals surface area contributed by atoms with Crippen molar-refractivity contribution in [2.24, 2.45) is 0 Å². The third-order valence-corrected chi connectivity index (χ3v) is 4.57. The molecule has 5 nitrogen and oxygen atoms in total. The van der Waals surface area contributed by atoms with E-state index in [4.69, 9.17) is 0 Å². The summed E-state index contributed by atoms with van der Waals surface area (Å²) in [5.41, 5.74) is 2.01. The second kappa shape index (κ2) is 6.75. The van der Waals surface area contributed by atoms with E-state index in [9.17, 15) is 4.79 Å². The molecule has 2 aromatic heterocycles. The molecule has 0 aliphatic rings. The van der Waals surface area contributed by atoms with E-state index in [1.165, 1.54) is 11.3 Å². The van der Waals surface area contributed by atoms with Crippen LogP contribution in [0.4, 0.5) is 0 Å². The number of benzene rings is 1. The summed E-state index contributed by atoms with van der Waals surface area (Å²) in [7, 11) is 0. The van der Waals surface area contributed by atoms with Crippen LogP contribution in [-0.2, 0) is 6.42 Å². The molecule has 0 aliphatic heterocycles. The Labute approximate surface area is 138 Å². The van der Waals surface area contributed by atoms with Crippen molar-refractivity contribution in [2.75, 3.05) is 0 Å². The summed E-state index contributed by atoms with van der Waals surface area (Å²) in [5, 5.41) is 12.1. The molecule has 1 amide bonds. The Bertz CT molecular complexity index is 794. The fraction of sp³-hybridized carbons (Fsp3) is 0.235. The van der Waals surface area contributed by atoms with E-state index in [1.54, 1.807) is 0 Å². The Morgan fingerprint density at radius 1 is 1.30 bits per heavy atom. The van der Waals surface area contributed by atoms with E-state index in [2.05, 4.69) is 20.5 Å². The lowest BCUT2D eigenvalue weighted by atomic mass is 10.1. The van der Waals surface area contributed by atoms with E-state index in [0.29, 0.717) is 5.82 Å². The maximum atomic E-state index is 12.7. The van der Waals surface area contributed by atoms with Crippen molar-refractivity contribution >= 4 is 17.2 Å². The predicted molar refractivity (Wildman–Crippen MR) is 90.6 cm³/mol. The van der Waals surface area contributed by atoms with E-state index < -0.39 is 0 Å².